The number of unbranched alkanes of at least 4 members (excludes halogenated alkanes) is 1. The van der Waals surface area contributed by atoms with E-state index in [0.717, 1.165) is 6.42 Å². The molecule has 0 saturated carbocycles. The molecular weight excluding hydrogens is 260 g/mol. The second-order valence-electron chi connectivity index (χ2n) is 5.09. The van der Waals surface area contributed by atoms with Crippen LogP contribution in [0.1, 0.15) is 36.5 Å². The minimum absolute atomic E-state index is 1.13. The van der Waals surface area contributed by atoms with E-state index in [-0.39, 0.29) is 0 Å². The van der Waals surface area contributed by atoms with Crippen molar-refractivity contribution in [3.63, 3.8) is 0 Å². The van der Waals surface area contributed by atoms with Gasteiger partial charge in [0.1, 0.15) is 0 Å². The van der Waals surface area contributed by atoms with Gasteiger partial charge in [0.15, 0.2) is 0 Å². The molecule has 0 heterocycles. The van der Waals surface area contributed by atoms with Gasteiger partial charge in [0, 0.05) is 9.80 Å². The monoisotopic (exact) mass is 282 g/mol. The molecule has 0 nitrogen and oxygen atoms in total. The maximum atomic E-state index is 2.37. The van der Waals surface area contributed by atoms with Gasteiger partial charge in [-0.15, -0.1) is 0 Å². The summed E-state index contributed by atoms with van der Waals surface area (Å²) >= 11 is 1.86. The predicted octanol–water partition coefficient (Wildman–Crippen LogP) is 6.24. The summed E-state index contributed by atoms with van der Waals surface area (Å²) in [7, 11) is 0. The maximum Gasteiger partial charge on any atom is 0.0157 e. The fourth-order valence-electron chi connectivity index (χ4n) is 2.19. The second kappa shape index (κ2) is 7.35. The van der Waals surface area contributed by atoms with Crippen LogP contribution in [-0.4, -0.2) is 0 Å². The molecule has 0 fully saturated rings. The first-order valence-corrected chi connectivity index (χ1v) is 8.03. The summed E-state index contributed by atoms with van der Waals surface area (Å²) in [5, 5.41) is 0. The van der Waals surface area contributed by atoms with Crippen LogP contribution >= 0.6 is 11.8 Å². The Balaban J connectivity index is 2.32. The molecule has 0 spiro atoms. The first kappa shape index (κ1) is 14.9. The highest BCUT2D eigenvalue weighted by Crippen LogP contribution is 2.36. The fourth-order valence-corrected chi connectivity index (χ4v) is 3.27. The lowest BCUT2D eigenvalue weighted by molar-refractivity contribution is 0.961. The molecule has 20 heavy (non-hydrogen) atoms. The Morgan fingerprint density at radius 3 is 2.45 bits per heavy atom. The summed E-state index contributed by atoms with van der Waals surface area (Å²) in [6, 6.07) is 17.3. The maximum absolute atomic E-state index is 2.37. The van der Waals surface area contributed by atoms with Crippen LogP contribution in [0.3, 0.4) is 0 Å². The summed E-state index contributed by atoms with van der Waals surface area (Å²) in [6.45, 7) is 6.58. The van der Waals surface area contributed by atoms with Crippen molar-refractivity contribution in [2.75, 3.05) is 0 Å². The molecule has 0 amide bonds. The molecule has 0 radical (unpaired) electrons. The standard InChI is InChI=1S/C19H22S/c1-4-5-11-19(20-17-9-7-6-8-10-17)18-13-12-15(2)14-16(18)3/h6-14H,4-5H2,1-3H3/b19-11+. The van der Waals surface area contributed by atoms with Gasteiger partial charge in [0.2, 0.25) is 0 Å². The third-order valence-corrected chi connectivity index (χ3v) is 4.35. The molecule has 0 saturated heterocycles. The van der Waals surface area contributed by atoms with Gasteiger partial charge >= 0.3 is 0 Å². The SMILES string of the molecule is CCC/C=C(/Sc1ccccc1)c1ccc(C)cc1C. The van der Waals surface area contributed by atoms with E-state index in [0.29, 0.717) is 0 Å². The van der Waals surface area contributed by atoms with Gasteiger partial charge in [0.05, 0.1) is 0 Å². The summed E-state index contributed by atoms with van der Waals surface area (Å²) in [4.78, 5) is 2.67. The van der Waals surface area contributed by atoms with Crippen LogP contribution in [-0.2, 0) is 0 Å². The van der Waals surface area contributed by atoms with Crippen molar-refractivity contribution >= 4 is 16.7 Å². The third kappa shape index (κ3) is 4.01. The lowest BCUT2D eigenvalue weighted by atomic mass is 10.0. The molecular formula is C19H22S. The van der Waals surface area contributed by atoms with Crippen molar-refractivity contribution in [1.29, 1.82) is 0 Å². The minimum Gasteiger partial charge on any atom is -0.0898 e. The molecule has 2 rings (SSSR count). The number of allylic oxidation sites excluding steroid dienone is 1. The van der Waals surface area contributed by atoms with Crippen LogP contribution in [0.5, 0.6) is 0 Å². The Labute approximate surface area is 126 Å². The molecule has 0 aliphatic heterocycles. The lowest BCUT2D eigenvalue weighted by Gasteiger charge is -2.12. The highest BCUT2D eigenvalue weighted by Gasteiger charge is 2.07. The number of aryl methyl sites for hydroxylation is 2. The Hall–Kier alpha value is -1.47. The van der Waals surface area contributed by atoms with Gasteiger partial charge < -0.3 is 0 Å². The van der Waals surface area contributed by atoms with E-state index in [1.54, 1.807) is 0 Å². The topological polar surface area (TPSA) is 0 Å². The van der Waals surface area contributed by atoms with Gasteiger partial charge in [-0.1, -0.05) is 73.1 Å². The average molecular weight is 282 g/mol. The molecule has 0 aliphatic rings. The molecule has 0 N–H and O–H groups in total. The molecule has 1 heteroatoms. The molecule has 0 bridgehead atoms. The zero-order valence-corrected chi connectivity index (χ0v) is 13.3. The van der Waals surface area contributed by atoms with Crippen LogP contribution in [0.25, 0.3) is 4.91 Å². The van der Waals surface area contributed by atoms with Crippen molar-refractivity contribution in [2.24, 2.45) is 0 Å². The number of hydrogen-bond donors (Lipinski definition) is 0. The van der Waals surface area contributed by atoms with Crippen molar-refractivity contribution < 1.29 is 0 Å². The van der Waals surface area contributed by atoms with Crippen molar-refractivity contribution in [1.82, 2.24) is 0 Å². The minimum atomic E-state index is 1.13. The fraction of sp³-hybridized carbons (Fsp3) is 0.263. The van der Waals surface area contributed by atoms with Crippen LogP contribution in [0.2, 0.25) is 0 Å². The van der Waals surface area contributed by atoms with Gasteiger partial charge in [-0.05, 0) is 43.5 Å². The van der Waals surface area contributed by atoms with E-state index < -0.39 is 0 Å². The number of benzene rings is 2. The van der Waals surface area contributed by atoms with Crippen LogP contribution < -0.4 is 0 Å². The van der Waals surface area contributed by atoms with Crippen molar-refractivity contribution in [3.05, 3.63) is 71.3 Å². The Bertz CT molecular complexity index is 582. The normalized spacial score (nSPS) is 11.7. The van der Waals surface area contributed by atoms with E-state index in [9.17, 15) is 0 Å². The highest BCUT2D eigenvalue weighted by atomic mass is 32.2. The van der Waals surface area contributed by atoms with Crippen LogP contribution in [0.15, 0.2) is 59.5 Å². The lowest BCUT2D eigenvalue weighted by Crippen LogP contribution is -1.88. The van der Waals surface area contributed by atoms with E-state index in [4.69, 9.17) is 0 Å². The van der Waals surface area contributed by atoms with Crippen LogP contribution in [0.4, 0.5) is 0 Å². The highest BCUT2D eigenvalue weighted by molar-refractivity contribution is 8.08. The molecule has 0 atom stereocenters. The zero-order valence-electron chi connectivity index (χ0n) is 12.5. The molecule has 2 aromatic rings. The van der Waals surface area contributed by atoms with Gasteiger partial charge in [-0.2, -0.15) is 0 Å². The average Bonchev–Trinajstić information content (AvgIpc) is 2.45. The smallest absolute Gasteiger partial charge is 0.0157 e. The van der Waals surface area contributed by atoms with E-state index in [2.05, 4.69) is 75.4 Å². The zero-order chi connectivity index (χ0) is 14.4. The number of thioether (sulfide) groups is 1. The van der Waals surface area contributed by atoms with Gasteiger partial charge in [-0.25, -0.2) is 0 Å². The molecule has 2 aromatic carbocycles. The van der Waals surface area contributed by atoms with E-state index >= 15 is 0 Å². The van der Waals surface area contributed by atoms with Crippen LogP contribution in [0, 0.1) is 13.8 Å². The largest absolute Gasteiger partial charge is 0.0898 e. The number of rotatable bonds is 5. The summed E-state index contributed by atoms with van der Waals surface area (Å²) in [5.74, 6) is 0. The summed E-state index contributed by atoms with van der Waals surface area (Å²) in [6.07, 6.45) is 4.68. The van der Waals surface area contributed by atoms with Gasteiger partial charge in [-0.3, -0.25) is 0 Å². The number of hydrogen-bond acceptors (Lipinski definition) is 1. The summed E-state index contributed by atoms with van der Waals surface area (Å²) < 4.78 is 0. The first-order valence-electron chi connectivity index (χ1n) is 7.21. The summed E-state index contributed by atoms with van der Waals surface area (Å²) in [5.41, 5.74) is 4.04. The molecule has 0 aromatic heterocycles. The van der Waals surface area contributed by atoms with Crippen molar-refractivity contribution in [3.8, 4) is 0 Å². The van der Waals surface area contributed by atoms with Crippen molar-refractivity contribution in [2.45, 2.75) is 38.5 Å². The second-order valence-corrected chi connectivity index (χ2v) is 6.21. The molecule has 104 valence electrons. The Morgan fingerprint density at radius 2 is 1.80 bits per heavy atom. The molecule has 0 aliphatic carbocycles. The predicted molar refractivity (Wildman–Crippen MR) is 91.1 cm³/mol. The van der Waals surface area contributed by atoms with E-state index in [1.165, 1.54) is 32.9 Å². The third-order valence-electron chi connectivity index (χ3n) is 3.24. The Morgan fingerprint density at radius 1 is 1.05 bits per heavy atom. The van der Waals surface area contributed by atoms with Gasteiger partial charge in [0.25, 0.3) is 0 Å². The van der Waals surface area contributed by atoms with E-state index in [1.807, 2.05) is 11.8 Å². The quantitative estimate of drug-likeness (QED) is 0.585. The molecule has 0 unspecified atom stereocenters. The Kier molecular flexibility index (Phi) is 5.49. The first-order chi connectivity index (χ1) is 9.70.